The summed E-state index contributed by atoms with van der Waals surface area (Å²) in [5.74, 6) is -0.815. The van der Waals surface area contributed by atoms with Crippen LogP contribution in [0.5, 0.6) is 0 Å². The molecule has 0 amide bonds. The summed E-state index contributed by atoms with van der Waals surface area (Å²) < 4.78 is 18.6. The maximum atomic E-state index is 12.1. The van der Waals surface area contributed by atoms with Gasteiger partial charge in [-0.25, -0.2) is 4.79 Å². The molecule has 1 aromatic rings. The second kappa shape index (κ2) is 5.31. The van der Waals surface area contributed by atoms with Crippen LogP contribution >= 0.6 is 0 Å². The Balaban J connectivity index is 2.02. The van der Waals surface area contributed by atoms with Crippen LogP contribution < -0.4 is 11.2 Å². The minimum Gasteiger partial charge on any atom is -0.394 e. The number of aromatic amines is 1. The Kier molecular flexibility index (Phi) is 3.72. The van der Waals surface area contributed by atoms with E-state index in [0.717, 1.165) is 0 Å². The van der Waals surface area contributed by atoms with E-state index in [-0.39, 0.29) is 6.61 Å². The van der Waals surface area contributed by atoms with Crippen molar-refractivity contribution in [2.45, 2.75) is 57.5 Å². The summed E-state index contributed by atoms with van der Waals surface area (Å²) in [6.45, 7) is 5.12. The lowest BCUT2D eigenvalue weighted by molar-refractivity contribution is -0.200. The molecule has 0 spiro atoms. The number of nitrogens with zero attached hydrogens (tertiary/aromatic N) is 1. The van der Waals surface area contributed by atoms with Crippen LogP contribution in [0.3, 0.4) is 0 Å². The second-order valence-corrected chi connectivity index (χ2v) is 5.99. The lowest BCUT2D eigenvalue weighted by Crippen LogP contribution is -2.38. The van der Waals surface area contributed by atoms with E-state index < -0.39 is 41.6 Å². The highest BCUT2D eigenvalue weighted by Crippen LogP contribution is 2.42. The molecule has 1 aromatic heterocycles. The van der Waals surface area contributed by atoms with Crippen LogP contribution in [0.1, 0.15) is 32.6 Å². The van der Waals surface area contributed by atoms with E-state index in [0.29, 0.717) is 12.0 Å². The van der Waals surface area contributed by atoms with Gasteiger partial charge >= 0.3 is 5.69 Å². The maximum Gasteiger partial charge on any atom is 0.330 e. The Hall–Kier alpha value is -1.48. The molecular formula is C14H20N2O6. The number of H-pyrrole nitrogens is 1. The summed E-state index contributed by atoms with van der Waals surface area (Å²) in [7, 11) is 0. The van der Waals surface area contributed by atoms with Crippen molar-refractivity contribution < 1.29 is 19.3 Å². The van der Waals surface area contributed by atoms with E-state index in [4.69, 9.17) is 14.2 Å². The molecule has 3 rings (SSSR count). The third-order valence-corrected chi connectivity index (χ3v) is 4.00. The Bertz CT molecular complexity index is 679. The summed E-state index contributed by atoms with van der Waals surface area (Å²) >= 11 is 0. The highest BCUT2D eigenvalue weighted by atomic mass is 16.8. The van der Waals surface area contributed by atoms with Crippen molar-refractivity contribution in [1.29, 1.82) is 0 Å². The number of fused-ring (bicyclic) bond motifs is 1. The Morgan fingerprint density at radius 2 is 2.00 bits per heavy atom. The number of ether oxygens (including phenoxy) is 3. The van der Waals surface area contributed by atoms with Crippen LogP contribution in [-0.2, 0) is 20.6 Å². The summed E-state index contributed by atoms with van der Waals surface area (Å²) in [6, 6.07) is 0. The fraction of sp³-hybridized carbons (Fsp3) is 0.714. The molecule has 0 radical (unpaired) electrons. The monoisotopic (exact) mass is 312 g/mol. The van der Waals surface area contributed by atoms with Gasteiger partial charge in [0.2, 0.25) is 0 Å². The number of nitrogens with one attached hydrogen (secondary N) is 1. The molecule has 0 saturated carbocycles. The van der Waals surface area contributed by atoms with Gasteiger partial charge in [-0.1, -0.05) is 6.92 Å². The van der Waals surface area contributed by atoms with E-state index in [9.17, 15) is 14.7 Å². The Morgan fingerprint density at radius 1 is 1.32 bits per heavy atom. The van der Waals surface area contributed by atoms with Gasteiger partial charge < -0.3 is 19.3 Å². The highest BCUT2D eigenvalue weighted by Gasteiger charge is 2.55. The van der Waals surface area contributed by atoms with Crippen molar-refractivity contribution in [2.75, 3.05) is 6.61 Å². The zero-order valence-electron chi connectivity index (χ0n) is 12.7. The van der Waals surface area contributed by atoms with Gasteiger partial charge in [0.1, 0.15) is 18.3 Å². The smallest absolute Gasteiger partial charge is 0.330 e. The van der Waals surface area contributed by atoms with Crippen molar-refractivity contribution in [3.05, 3.63) is 32.6 Å². The molecule has 8 nitrogen and oxygen atoms in total. The molecule has 3 heterocycles. The summed E-state index contributed by atoms with van der Waals surface area (Å²) in [5, 5.41) is 9.46. The van der Waals surface area contributed by atoms with Gasteiger partial charge in [-0.15, -0.1) is 0 Å². The maximum absolute atomic E-state index is 12.1. The average Bonchev–Trinajstić information content (AvgIpc) is 2.92. The third kappa shape index (κ3) is 2.41. The van der Waals surface area contributed by atoms with Crippen LogP contribution in [0.15, 0.2) is 15.8 Å². The fourth-order valence-electron chi connectivity index (χ4n) is 3.00. The zero-order chi connectivity index (χ0) is 16.1. The van der Waals surface area contributed by atoms with E-state index >= 15 is 0 Å². The first-order valence-corrected chi connectivity index (χ1v) is 7.32. The van der Waals surface area contributed by atoms with E-state index in [1.165, 1.54) is 10.8 Å². The van der Waals surface area contributed by atoms with Gasteiger partial charge in [0.15, 0.2) is 12.0 Å². The minimum absolute atomic E-state index is 0.240. The summed E-state index contributed by atoms with van der Waals surface area (Å²) in [5.41, 5.74) is -0.496. The van der Waals surface area contributed by atoms with Gasteiger partial charge in [-0.05, 0) is 20.3 Å². The van der Waals surface area contributed by atoms with E-state index in [1.54, 1.807) is 13.8 Å². The first-order valence-electron chi connectivity index (χ1n) is 7.32. The predicted octanol–water partition coefficient (Wildman–Crippen LogP) is -0.491. The number of aliphatic hydroxyl groups is 1. The summed E-state index contributed by atoms with van der Waals surface area (Å²) in [4.78, 5) is 26.1. The molecule has 2 aliphatic rings. The van der Waals surface area contributed by atoms with Crippen molar-refractivity contribution in [1.82, 2.24) is 9.55 Å². The molecule has 122 valence electrons. The topological polar surface area (TPSA) is 103 Å². The molecule has 0 aromatic carbocycles. The van der Waals surface area contributed by atoms with Crippen LogP contribution in [0.25, 0.3) is 0 Å². The number of aliphatic hydroxyl groups excluding tert-OH is 1. The second-order valence-electron chi connectivity index (χ2n) is 5.99. The normalized spacial score (nSPS) is 33.1. The number of aromatic nitrogens is 2. The van der Waals surface area contributed by atoms with Gasteiger partial charge in [-0.3, -0.25) is 14.3 Å². The molecule has 2 fully saturated rings. The lowest BCUT2D eigenvalue weighted by Gasteiger charge is -2.24. The SMILES string of the molecule is CCc1cn([C@@H]2O[C@H](CO)[C@H]3OC(C)(C)O[C@H]32)c(=O)[nH]c1=O. The lowest BCUT2D eigenvalue weighted by atomic mass is 10.1. The first-order chi connectivity index (χ1) is 10.4. The van der Waals surface area contributed by atoms with Gasteiger partial charge in [-0.2, -0.15) is 0 Å². The van der Waals surface area contributed by atoms with Crippen molar-refractivity contribution >= 4 is 0 Å². The van der Waals surface area contributed by atoms with Crippen molar-refractivity contribution in [2.24, 2.45) is 0 Å². The van der Waals surface area contributed by atoms with Crippen LogP contribution in [-0.4, -0.2) is 45.4 Å². The molecular weight excluding hydrogens is 292 g/mol. The van der Waals surface area contributed by atoms with Gasteiger partial charge in [0.25, 0.3) is 5.56 Å². The molecule has 22 heavy (non-hydrogen) atoms. The number of hydrogen-bond acceptors (Lipinski definition) is 6. The quantitative estimate of drug-likeness (QED) is 0.780. The van der Waals surface area contributed by atoms with Crippen LogP contribution in [0, 0.1) is 0 Å². The summed E-state index contributed by atoms with van der Waals surface area (Å²) in [6.07, 6.45) is -0.353. The number of rotatable bonds is 3. The van der Waals surface area contributed by atoms with Crippen LogP contribution in [0.4, 0.5) is 0 Å². The molecule has 2 N–H and O–H groups in total. The minimum atomic E-state index is -0.815. The standard InChI is InChI=1S/C14H20N2O6/c1-4-7-5-16(13(19)15-11(7)18)12-10-9(8(6-17)20-12)21-14(2,3)22-10/h5,8-10,12,17H,4,6H2,1-3H3,(H,15,18,19)/t8-,9-,10-,12-/m1/s1. The van der Waals surface area contributed by atoms with E-state index in [1.807, 2.05) is 6.92 Å². The molecule has 0 bridgehead atoms. The van der Waals surface area contributed by atoms with Gasteiger partial charge in [0, 0.05) is 11.8 Å². The largest absolute Gasteiger partial charge is 0.394 e. The van der Waals surface area contributed by atoms with Crippen molar-refractivity contribution in [3.8, 4) is 0 Å². The number of hydrogen-bond donors (Lipinski definition) is 2. The Labute approximate surface area is 126 Å². The molecule has 2 saturated heterocycles. The molecule has 0 unspecified atom stereocenters. The molecule has 8 heteroatoms. The highest BCUT2D eigenvalue weighted by molar-refractivity contribution is 5.06. The molecule has 2 aliphatic heterocycles. The fourth-order valence-corrected chi connectivity index (χ4v) is 3.00. The van der Waals surface area contributed by atoms with E-state index in [2.05, 4.69) is 4.98 Å². The van der Waals surface area contributed by atoms with Gasteiger partial charge in [0.05, 0.1) is 6.61 Å². The first kappa shape index (κ1) is 15.4. The third-order valence-electron chi connectivity index (χ3n) is 4.00. The molecule has 4 atom stereocenters. The number of aryl methyl sites for hydroxylation is 1. The van der Waals surface area contributed by atoms with Crippen LogP contribution in [0.2, 0.25) is 0 Å². The average molecular weight is 312 g/mol. The predicted molar refractivity (Wildman–Crippen MR) is 75.5 cm³/mol. The zero-order valence-corrected chi connectivity index (χ0v) is 12.7. The van der Waals surface area contributed by atoms with Crippen molar-refractivity contribution in [3.63, 3.8) is 0 Å². The Morgan fingerprint density at radius 3 is 2.64 bits per heavy atom. The molecule has 0 aliphatic carbocycles.